The van der Waals surface area contributed by atoms with Crippen LogP contribution >= 0.6 is 0 Å². The van der Waals surface area contributed by atoms with Crippen molar-refractivity contribution >= 4 is 11.6 Å². The van der Waals surface area contributed by atoms with Gasteiger partial charge in [-0.2, -0.15) is 0 Å². The Bertz CT molecular complexity index is 640. The number of amides is 1. The molecule has 1 unspecified atom stereocenters. The van der Waals surface area contributed by atoms with E-state index in [0.717, 1.165) is 0 Å². The van der Waals surface area contributed by atoms with E-state index in [1.165, 1.54) is 0 Å². The summed E-state index contributed by atoms with van der Waals surface area (Å²) in [4.78, 5) is 12.5. The number of nitrogens with one attached hydrogen (secondary N) is 1. The Labute approximate surface area is 136 Å². The third-order valence-electron chi connectivity index (χ3n) is 3.19. The first-order valence-electron chi connectivity index (χ1n) is 7.60. The van der Waals surface area contributed by atoms with Crippen LogP contribution in [0, 0.1) is 0 Å². The van der Waals surface area contributed by atoms with E-state index < -0.39 is 6.10 Å². The molecule has 120 valence electrons. The molecule has 2 aromatic rings. The van der Waals surface area contributed by atoms with E-state index in [4.69, 9.17) is 9.47 Å². The number of para-hydroxylation sites is 3. The topological polar surface area (TPSA) is 47.6 Å². The Morgan fingerprint density at radius 1 is 1.17 bits per heavy atom. The van der Waals surface area contributed by atoms with Crippen molar-refractivity contribution in [2.24, 2.45) is 0 Å². The number of hydrogen-bond donors (Lipinski definition) is 1. The molecule has 0 fully saturated rings. The average molecular weight is 311 g/mol. The lowest BCUT2D eigenvalue weighted by Crippen LogP contribution is -2.32. The minimum absolute atomic E-state index is 0.203. The van der Waals surface area contributed by atoms with E-state index in [0.29, 0.717) is 30.2 Å². The smallest absolute Gasteiger partial charge is 0.265 e. The molecule has 0 spiro atoms. The van der Waals surface area contributed by atoms with Gasteiger partial charge in [-0.15, -0.1) is 0 Å². The van der Waals surface area contributed by atoms with E-state index in [1.54, 1.807) is 18.2 Å². The standard InChI is InChI=1S/C19H21NO3/c1-3-14-22-18-13-9-8-12-16(18)20-19(21)17(4-2)23-15-10-6-5-7-11-15/h3,5-13,17H,1,4,14H2,2H3,(H,20,21). The average Bonchev–Trinajstić information content (AvgIpc) is 2.59. The van der Waals surface area contributed by atoms with E-state index in [2.05, 4.69) is 11.9 Å². The zero-order valence-corrected chi connectivity index (χ0v) is 13.2. The second kappa shape index (κ2) is 8.63. The molecule has 2 rings (SSSR count). The number of ether oxygens (including phenoxy) is 2. The molecule has 1 atom stereocenters. The number of carbonyl (C=O) groups is 1. The molecule has 4 nitrogen and oxygen atoms in total. The lowest BCUT2D eigenvalue weighted by molar-refractivity contribution is -0.122. The lowest BCUT2D eigenvalue weighted by atomic mass is 10.2. The van der Waals surface area contributed by atoms with E-state index in [9.17, 15) is 4.79 Å². The van der Waals surface area contributed by atoms with Gasteiger partial charge >= 0.3 is 0 Å². The maximum atomic E-state index is 12.5. The molecule has 0 saturated carbocycles. The van der Waals surface area contributed by atoms with Gasteiger partial charge in [0, 0.05) is 0 Å². The highest BCUT2D eigenvalue weighted by atomic mass is 16.5. The molecule has 0 heterocycles. The Balaban J connectivity index is 2.06. The third-order valence-corrected chi connectivity index (χ3v) is 3.19. The third kappa shape index (κ3) is 4.88. The van der Waals surface area contributed by atoms with Crippen molar-refractivity contribution in [2.75, 3.05) is 11.9 Å². The Morgan fingerprint density at radius 2 is 1.87 bits per heavy atom. The number of carbonyl (C=O) groups excluding carboxylic acids is 1. The Hall–Kier alpha value is -2.75. The quantitative estimate of drug-likeness (QED) is 0.748. The van der Waals surface area contributed by atoms with Gasteiger partial charge in [0.05, 0.1) is 5.69 Å². The summed E-state index contributed by atoms with van der Waals surface area (Å²) in [5, 5.41) is 2.87. The van der Waals surface area contributed by atoms with Crippen LogP contribution in [0.1, 0.15) is 13.3 Å². The van der Waals surface area contributed by atoms with Gasteiger partial charge in [-0.3, -0.25) is 4.79 Å². The first-order valence-corrected chi connectivity index (χ1v) is 7.60. The normalized spacial score (nSPS) is 11.3. The molecule has 1 amide bonds. The minimum atomic E-state index is -0.565. The van der Waals surface area contributed by atoms with Crippen LogP contribution in [0.15, 0.2) is 67.3 Å². The monoisotopic (exact) mass is 311 g/mol. The minimum Gasteiger partial charge on any atom is -0.487 e. The molecule has 0 radical (unpaired) electrons. The lowest BCUT2D eigenvalue weighted by Gasteiger charge is -2.18. The van der Waals surface area contributed by atoms with E-state index in [-0.39, 0.29) is 5.91 Å². The highest BCUT2D eigenvalue weighted by molar-refractivity contribution is 5.95. The van der Waals surface area contributed by atoms with Crippen LogP contribution in [-0.2, 0) is 4.79 Å². The fraction of sp³-hybridized carbons (Fsp3) is 0.211. The first-order chi connectivity index (χ1) is 11.2. The first kappa shape index (κ1) is 16.6. The predicted octanol–water partition coefficient (Wildman–Crippen LogP) is 4.05. The Morgan fingerprint density at radius 3 is 2.57 bits per heavy atom. The van der Waals surface area contributed by atoms with Gasteiger partial charge in [0.1, 0.15) is 18.1 Å². The highest BCUT2D eigenvalue weighted by Gasteiger charge is 2.19. The van der Waals surface area contributed by atoms with Crippen molar-refractivity contribution in [3.63, 3.8) is 0 Å². The molecule has 1 N–H and O–H groups in total. The summed E-state index contributed by atoms with van der Waals surface area (Å²) < 4.78 is 11.3. The molecular formula is C19H21NO3. The second-order valence-electron chi connectivity index (χ2n) is 4.91. The van der Waals surface area contributed by atoms with Crippen LogP contribution in [0.3, 0.4) is 0 Å². The van der Waals surface area contributed by atoms with Crippen molar-refractivity contribution in [2.45, 2.75) is 19.4 Å². The summed E-state index contributed by atoms with van der Waals surface area (Å²) in [6.07, 6.45) is 1.66. The molecule has 4 heteroatoms. The van der Waals surface area contributed by atoms with Crippen molar-refractivity contribution in [1.29, 1.82) is 0 Å². The SMILES string of the molecule is C=CCOc1ccccc1NC(=O)C(CC)Oc1ccccc1. The summed E-state index contributed by atoms with van der Waals surface area (Å²) in [7, 11) is 0. The van der Waals surface area contributed by atoms with Gasteiger partial charge in [0.15, 0.2) is 6.10 Å². The van der Waals surface area contributed by atoms with Crippen LogP contribution in [0.5, 0.6) is 11.5 Å². The number of anilines is 1. The van der Waals surface area contributed by atoms with Crippen molar-refractivity contribution in [1.82, 2.24) is 0 Å². The van der Waals surface area contributed by atoms with E-state index in [1.807, 2.05) is 49.4 Å². The Kier molecular flexibility index (Phi) is 6.24. The summed E-state index contributed by atoms with van der Waals surface area (Å²) >= 11 is 0. The predicted molar refractivity (Wildman–Crippen MR) is 91.9 cm³/mol. The summed E-state index contributed by atoms with van der Waals surface area (Å²) in [6, 6.07) is 16.6. The summed E-state index contributed by atoms with van der Waals surface area (Å²) in [6.45, 7) is 5.91. The number of hydrogen-bond acceptors (Lipinski definition) is 3. The molecule has 2 aromatic carbocycles. The highest BCUT2D eigenvalue weighted by Crippen LogP contribution is 2.24. The van der Waals surface area contributed by atoms with Crippen molar-refractivity contribution in [3.05, 3.63) is 67.3 Å². The van der Waals surface area contributed by atoms with Crippen LogP contribution in [0.4, 0.5) is 5.69 Å². The van der Waals surface area contributed by atoms with Gasteiger partial charge in [-0.05, 0) is 30.7 Å². The molecule has 0 bridgehead atoms. The van der Waals surface area contributed by atoms with Crippen LogP contribution in [0.25, 0.3) is 0 Å². The molecular weight excluding hydrogens is 290 g/mol. The van der Waals surface area contributed by atoms with Gasteiger partial charge in [-0.25, -0.2) is 0 Å². The molecule has 0 saturated heterocycles. The summed E-state index contributed by atoms with van der Waals surface area (Å²) in [5.41, 5.74) is 0.620. The fourth-order valence-electron chi connectivity index (χ4n) is 2.04. The van der Waals surface area contributed by atoms with Gasteiger partial charge in [0.2, 0.25) is 0 Å². The molecule has 0 aliphatic rings. The van der Waals surface area contributed by atoms with E-state index >= 15 is 0 Å². The number of rotatable bonds is 8. The van der Waals surface area contributed by atoms with Crippen molar-refractivity contribution in [3.8, 4) is 11.5 Å². The maximum Gasteiger partial charge on any atom is 0.265 e. The maximum absolute atomic E-state index is 12.5. The molecule has 23 heavy (non-hydrogen) atoms. The number of benzene rings is 2. The van der Waals surface area contributed by atoms with Crippen LogP contribution in [0.2, 0.25) is 0 Å². The molecule has 0 aliphatic carbocycles. The van der Waals surface area contributed by atoms with Crippen molar-refractivity contribution < 1.29 is 14.3 Å². The zero-order chi connectivity index (χ0) is 16.5. The molecule has 0 aliphatic heterocycles. The zero-order valence-electron chi connectivity index (χ0n) is 13.2. The van der Waals surface area contributed by atoms with Crippen LogP contribution in [-0.4, -0.2) is 18.6 Å². The van der Waals surface area contributed by atoms with Gasteiger partial charge in [0.25, 0.3) is 5.91 Å². The van der Waals surface area contributed by atoms with Gasteiger partial charge < -0.3 is 14.8 Å². The fourth-order valence-corrected chi connectivity index (χ4v) is 2.04. The van der Waals surface area contributed by atoms with Crippen LogP contribution < -0.4 is 14.8 Å². The van der Waals surface area contributed by atoms with Gasteiger partial charge in [-0.1, -0.05) is 49.9 Å². The molecule has 0 aromatic heterocycles. The largest absolute Gasteiger partial charge is 0.487 e. The second-order valence-corrected chi connectivity index (χ2v) is 4.91. The summed E-state index contributed by atoms with van der Waals surface area (Å²) in [5.74, 6) is 1.08.